The molecule has 0 aliphatic rings. The molecule has 0 fully saturated rings. The lowest BCUT2D eigenvalue weighted by molar-refractivity contribution is 0.298. The number of halogens is 1. The van der Waals surface area contributed by atoms with Crippen LogP contribution in [0.15, 0.2) is 85.5 Å². The molecule has 0 amide bonds. The summed E-state index contributed by atoms with van der Waals surface area (Å²) in [5.74, 6) is 1.42. The van der Waals surface area contributed by atoms with Crippen molar-refractivity contribution in [2.45, 2.75) is 13.0 Å². The molecule has 28 heavy (non-hydrogen) atoms. The van der Waals surface area contributed by atoms with Gasteiger partial charge < -0.3 is 9.30 Å². The quantitative estimate of drug-likeness (QED) is 0.392. The Kier molecular flexibility index (Phi) is 5.20. The third kappa shape index (κ3) is 3.67. The van der Waals surface area contributed by atoms with Gasteiger partial charge in [0, 0.05) is 5.56 Å². The second-order valence-electron chi connectivity index (χ2n) is 6.53. The number of aromatic nitrogens is 2. The summed E-state index contributed by atoms with van der Waals surface area (Å²) in [4.78, 5) is 4.76. The van der Waals surface area contributed by atoms with Gasteiger partial charge in [-0.15, -0.1) is 6.58 Å². The number of hydrogen-bond acceptors (Lipinski definition) is 2. The first kappa shape index (κ1) is 18.0. The van der Waals surface area contributed by atoms with Crippen molar-refractivity contribution in [3.8, 4) is 17.1 Å². The van der Waals surface area contributed by atoms with Gasteiger partial charge in [0.2, 0.25) is 0 Å². The van der Waals surface area contributed by atoms with Crippen LogP contribution in [0.4, 0.5) is 4.39 Å². The van der Waals surface area contributed by atoms with Crippen molar-refractivity contribution in [3.05, 3.63) is 96.8 Å². The SMILES string of the molecule is C=CCc1ccccc1OCCn1c(-c2ccc(F)cc2)nc2ccccc21. The van der Waals surface area contributed by atoms with E-state index in [9.17, 15) is 4.39 Å². The molecule has 0 aliphatic carbocycles. The monoisotopic (exact) mass is 372 g/mol. The predicted molar refractivity (Wildman–Crippen MR) is 111 cm³/mol. The van der Waals surface area contributed by atoms with E-state index >= 15 is 0 Å². The number of fused-ring (bicyclic) bond motifs is 1. The molecule has 0 saturated carbocycles. The molecule has 140 valence electrons. The van der Waals surface area contributed by atoms with Crippen molar-refractivity contribution >= 4 is 11.0 Å². The molecule has 4 rings (SSSR count). The van der Waals surface area contributed by atoms with Crippen LogP contribution in [0.2, 0.25) is 0 Å². The number of benzene rings is 3. The van der Waals surface area contributed by atoms with Gasteiger partial charge in [-0.3, -0.25) is 0 Å². The summed E-state index contributed by atoms with van der Waals surface area (Å²) in [6.45, 7) is 4.95. The third-order valence-electron chi connectivity index (χ3n) is 4.67. The molecule has 0 saturated heterocycles. The zero-order valence-electron chi connectivity index (χ0n) is 15.5. The van der Waals surface area contributed by atoms with E-state index < -0.39 is 0 Å². The summed E-state index contributed by atoms with van der Waals surface area (Å²) in [6, 6.07) is 22.4. The van der Waals surface area contributed by atoms with Crippen molar-refractivity contribution in [2.24, 2.45) is 0 Å². The van der Waals surface area contributed by atoms with Crippen molar-refractivity contribution < 1.29 is 9.13 Å². The number of allylic oxidation sites excluding steroid dienone is 1. The largest absolute Gasteiger partial charge is 0.491 e. The zero-order valence-corrected chi connectivity index (χ0v) is 15.5. The van der Waals surface area contributed by atoms with E-state index in [2.05, 4.69) is 11.1 Å². The van der Waals surface area contributed by atoms with Crippen LogP contribution in [0.25, 0.3) is 22.4 Å². The Labute approximate surface area is 163 Å². The van der Waals surface area contributed by atoms with E-state index in [4.69, 9.17) is 9.72 Å². The van der Waals surface area contributed by atoms with Gasteiger partial charge in [0.15, 0.2) is 0 Å². The van der Waals surface area contributed by atoms with Crippen LogP contribution in [0, 0.1) is 5.82 Å². The molecule has 1 aromatic heterocycles. The zero-order chi connectivity index (χ0) is 19.3. The van der Waals surface area contributed by atoms with Crippen LogP contribution in [0.1, 0.15) is 5.56 Å². The van der Waals surface area contributed by atoms with Crippen LogP contribution in [0.5, 0.6) is 5.75 Å². The van der Waals surface area contributed by atoms with Gasteiger partial charge in [0.05, 0.1) is 17.6 Å². The van der Waals surface area contributed by atoms with Gasteiger partial charge in [0.1, 0.15) is 24.0 Å². The highest BCUT2D eigenvalue weighted by Gasteiger charge is 2.13. The molecule has 0 spiro atoms. The van der Waals surface area contributed by atoms with Crippen LogP contribution in [0.3, 0.4) is 0 Å². The molecule has 3 aromatic carbocycles. The summed E-state index contributed by atoms with van der Waals surface area (Å²) in [5, 5.41) is 0. The minimum atomic E-state index is -0.256. The van der Waals surface area contributed by atoms with E-state index in [0.29, 0.717) is 13.2 Å². The normalized spacial score (nSPS) is 10.9. The predicted octanol–water partition coefficient (Wildman–Crippen LogP) is 5.65. The van der Waals surface area contributed by atoms with E-state index in [1.165, 1.54) is 12.1 Å². The van der Waals surface area contributed by atoms with Crippen LogP contribution < -0.4 is 4.74 Å². The summed E-state index contributed by atoms with van der Waals surface area (Å²) in [6.07, 6.45) is 2.64. The molecule has 0 bridgehead atoms. The van der Waals surface area contributed by atoms with E-state index in [1.54, 1.807) is 12.1 Å². The fraction of sp³-hybridized carbons (Fsp3) is 0.125. The maximum Gasteiger partial charge on any atom is 0.141 e. The Balaban J connectivity index is 1.62. The topological polar surface area (TPSA) is 27.1 Å². The van der Waals surface area contributed by atoms with E-state index in [0.717, 1.165) is 40.2 Å². The van der Waals surface area contributed by atoms with Gasteiger partial charge in [-0.05, 0) is 54.4 Å². The first-order chi connectivity index (χ1) is 13.8. The van der Waals surface area contributed by atoms with Gasteiger partial charge in [-0.25, -0.2) is 9.37 Å². The van der Waals surface area contributed by atoms with Crippen molar-refractivity contribution in [3.63, 3.8) is 0 Å². The minimum Gasteiger partial charge on any atom is -0.491 e. The molecule has 0 atom stereocenters. The second kappa shape index (κ2) is 8.09. The number of nitrogens with zero attached hydrogens (tertiary/aromatic N) is 2. The Morgan fingerprint density at radius 3 is 2.54 bits per heavy atom. The van der Waals surface area contributed by atoms with Crippen LogP contribution in [-0.2, 0) is 13.0 Å². The highest BCUT2D eigenvalue weighted by Crippen LogP contribution is 2.25. The Morgan fingerprint density at radius 2 is 1.71 bits per heavy atom. The van der Waals surface area contributed by atoms with Crippen molar-refractivity contribution in [1.82, 2.24) is 9.55 Å². The lowest BCUT2D eigenvalue weighted by Gasteiger charge is -2.13. The lowest BCUT2D eigenvalue weighted by atomic mass is 10.1. The fourth-order valence-corrected chi connectivity index (χ4v) is 3.34. The number of imidazole rings is 1. The maximum absolute atomic E-state index is 13.3. The number of hydrogen-bond donors (Lipinski definition) is 0. The first-order valence-electron chi connectivity index (χ1n) is 9.29. The molecule has 4 aromatic rings. The first-order valence-corrected chi connectivity index (χ1v) is 9.29. The molecule has 1 heterocycles. The van der Waals surface area contributed by atoms with Crippen LogP contribution in [-0.4, -0.2) is 16.2 Å². The molecule has 3 nitrogen and oxygen atoms in total. The summed E-state index contributed by atoms with van der Waals surface area (Å²) in [7, 11) is 0. The van der Waals surface area contributed by atoms with Gasteiger partial charge in [-0.1, -0.05) is 36.4 Å². The van der Waals surface area contributed by atoms with E-state index in [-0.39, 0.29) is 5.82 Å². The molecular formula is C24H21FN2O. The van der Waals surface area contributed by atoms with E-state index in [1.807, 2.05) is 54.6 Å². The van der Waals surface area contributed by atoms with Crippen LogP contribution >= 0.6 is 0 Å². The minimum absolute atomic E-state index is 0.256. The second-order valence-corrected chi connectivity index (χ2v) is 6.53. The highest BCUT2D eigenvalue weighted by atomic mass is 19.1. The number of para-hydroxylation sites is 3. The van der Waals surface area contributed by atoms with Crippen molar-refractivity contribution in [1.29, 1.82) is 0 Å². The standard InChI is InChI=1S/C24H21FN2O/c1-2-7-18-8-3-6-11-23(18)28-17-16-27-22-10-5-4-9-21(22)26-24(27)19-12-14-20(25)15-13-19/h2-6,8-15H,1,7,16-17H2. The van der Waals surface area contributed by atoms with Gasteiger partial charge in [-0.2, -0.15) is 0 Å². The van der Waals surface area contributed by atoms with Gasteiger partial charge in [0.25, 0.3) is 0 Å². The molecule has 0 aliphatic heterocycles. The summed E-state index contributed by atoms with van der Waals surface area (Å²) >= 11 is 0. The van der Waals surface area contributed by atoms with Gasteiger partial charge >= 0.3 is 0 Å². The number of ether oxygens (including phenoxy) is 1. The third-order valence-corrected chi connectivity index (χ3v) is 4.67. The Bertz CT molecular complexity index is 1100. The smallest absolute Gasteiger partial charge is 0.141 e. The average Bonchev–Trinajstić information content (AvgIpc) is 3.09. The molecule has 0 N–H and O–H groups in total. The fourth-order valence-electron chi connectivity index (χ4n) is 3.34. The average molecular weight is 372 g/mol. The molecular weight excluding hydrogens is 351 g/mol. The molecule has 4 heteroatoms. The molecule has 0 unspecified atom stereocenters. The lowest BCUT2D eigenvalue weighted by Crippen LogP contribution is -2.10. The number of rotatable bonds is 7. The maximum atomic E-state index is 13.3. The summed E-state index contributed by atoms with van der Waals surface area (Å²) < 4.78 is 21.5. The van der Waals surface area contributed by atoms with Crippen molar-refractivity contribution in [2.75, 3.05) is 6.61 Å². The Morgan fingerprint density at radius 1 is 0.964 bits per heavy atom. The Hall–Kier alpha value is -3.40. The summed E-state index contributed by atoms with van der Waals surface area (Å²) in [5.41, 5.74) is 3.94. The molecule has 0 radical (unpaired) electrons. The highest BCUT2D eigenvalue weighted by molar-refractivity contribution is 5.80.